The smallest absolute Gasteiger partial charge is 0.206 e. The molecule has 0 saturated carbocycles. The van der Waals surface area contributed by atoms with Gasteiger partial charge in [0.05, 0.1) is 24.2 Å². The quantitative estimate of drug-likeness (QED) is 0.745. The van der Waals surface area contributed by atoms with E-state index < -0.39 is 0 Å². The van der Waals surface area contributed by atoms with Crippen LogP contribution in [-0.2, 0) is 6.54 Å². The Morgan fingerprint density at radius 1 is 1.16 bits per heavy atom. The highest BCUT2D eigenvalue weighted by Gasteiger charge is 2.25. The summed E-state index contributed by atoms with van der Waals surface area (Å²) in [6.45, 7) is 10.5. The predicted octanol–water partition coefficient (Wildman–Crippen LogP) is 3.42. The first kappa shape index (κ1) is 15.7. The van der Waals surface area contributed by atoms with Gasteiger partial charge >= 0.3 is 0 Å². The zero-order valence-corrected chi connectivity index (χ0v) is 14.1. The van der Waals surface area contributed by atoms with Gasteiger partial charge < -0.3 is 15.2 Å². The lowest BCUT2D eigenvalue weighted by molar-refractivity contribution is 0.600. The lowest BCUT2D eigenvalue weighted by Crippen LogP contribution is -2.25. The van der Waals surface area contributed by atoms with Gasteiger partial charge in [-0.2, -0.15) is 0 Å². The van der Waals surface area contributed by atoms with Crippen LogP contribution < -0.4 is 10.6 Å². The third kappa shape index (κ3) is 2.97. The SMILES string of the molecule is [C-]#[N+]c1ccc(Cn2c(N3CC[C@H](CN)C3)nc3ccccc32)cc1. The van der Waals surface area contributed by atoms with Gasteiger partial charge in [-0.25, -0.2) is 9.83 Å². The van der Waals surface area contributed by atoms with Gasteiger partial charge in [-0.3, -0.25) is 0 Å². The number of rotatable bonds is 4. The molecule has 3 aromatic rings. The van der Waals surface area contributed by atoms with Gasteiger partial charge in [0.2, 0.25) is 5.95 Å². The number of benzene rings is 2. The fourth-order valence-corrected chi connectivity index (χ4v) is 3.53. The van der Waals surface area contributed by atoms with Crippen LogP contribution in [-0.4, -0.2) is 29.2 Å². The highest BCUT2D eigenvalue weighted by molar-refractivity contribution is 5.79. The molecule has 1 saturated heterocycles. The van der Waals surface area contributed by atoms with Crippen LogP contribution in [0.4, 0.5) is 11.6 Å². The second-order valence-electron chi connectivity index (χ2n) is 6.60. The maximum absolute atomic E-state index is 7.10. The van der Waals surface area contributed by atoms with Gasteiger partial charge in [0.25, 0.3) is 0 Å². The van der Waals surface area contributed by atoms with Crippen molar-refractivity contribution in [3.05, 3.63) is 65.5 Å². The van der Waals surface area contributed by atoms with Gasteiger partial charge in [-0.15, -0.1) is 0 Å². The van der Waals surface area contributed by atoms with Crippen LogP contribution in [0.15, 0.2) is 48.5 Å². The molecule has 1 aliphatic heterocycles. The van der Waals surface area contributed by atoms with Crippen LogP contribution in [0, 0.1) is 12.5 Å². The lowest BCUT2D eigenvalue weighted by atomic mass is 10.1. The number of imidazole rings is 1. The maximum atomic E-state index is 7.10. The second kappa shape index (κ2) is 6.58. The fraction of sp³-hybridized carbons (Fsp3) is 0.300. The van der Waals surface area contributed by atoms with Crippen molar-refractivity contribution >= 4 is 22.7 Å². The van der Waals surface area contributed by atoms with Crippen LogP contribution >= 0.6 is 0 Å². The topological polar surface area (TPSA) is 51.4 Å². The Bertz CT molecular complexity index is 919. The van der Waals surface area contributed by atoms with E-state index in [1.165, 1.54) is 5.56 Å². The summed E-state index contributed by atoms with van der Waals surface area (Å²) >= 11 is 0. The third-order valence-corrected chi connectivity index (χ3v) is 4.94. The molecule has 1 fully saturated rings. The molecule has 2 N–H and O–H groups in total. The summed E-state index contributed by atoms with van der Waals surface area (Å²) in [5, 5.41) is 0. The van der Waals surface area contributed by atoms with Crippen molar-refractivity contribution in [1.82, 2.24) is 9.55 Å². The molecule has 25 heavy (non-hydrogen) atoms. The largest absolute Gasteiger partial charge is 0.342 e. The standard InChI is InChI=1S/C20H21N5/c1-22-17-8-6-15(7-9-17)14-25-19-5-3-2-4-18(19)23-20(25)24-11-10-16(12-21)13-24/h2-9,16H,10-14,21H2/t16-/m1/s1. The Balaban J connectivity index is 1.72. The number of hydrogen-bond donors (Lipinski definition) is 1. The summed E-state index contributed by atoms with van der Waals surface area (Å²) in [6, 6.07) is 16.1. The zero-order valence-electron chi connectivity index (χ0n) is 14.1. The molecule has 2 heterocycles. The molecule has 0 unspecified atom stereocenters. The van der Waals surface area contributed by atoms with E-state index in [0.29, 0.717) is 11.6 Å². The Kier molecular flexibility index (Phi) is 4.12. The Morgan fingerprint density at radius 2 is 1.96 bits per heavy atom. The van der Waals surface area contributed by atoms with Crippen LogP contribution in [0.2, 0.25) is 0 Å². The van der Waals surface area contributed by atoms with Gasteiger partial charge in [0.15, 0.2) is 5.69 Å². The van der Waals surface area contributed by atoms with Gasteiger partial charge in [-0.1, -0.05) is 36.4 Å². The molecule has 4 rings (SSSR count). The van der Waals surface area contributed by atoms with Crippen molar-refractivity contribution in [1.29, 1.82) is 0 Å². The number of nitrogens with two attached hydrogens (primary N) is 1. The van der Waals surface area contributed by atoms with Crippen molar-refractivity contribution in [3.63, 3.8) is 0 Å². The number of para-hydroxylation sites is 2. The monoisotopic (exact) mass is 331 g/mol. The van der Waals surface area contributed by atoms with E-state index in [9.17, 15) is 0 Å². The van der Waals surface area contributed by atoms with Crippen LogP contribution in [0.25, 0.3) is 15.9 Å². The summed E-state index contributed by atoms with van der Waals surface area (Å²) in [6.07, 6.45) is 1.12. The summed E-state index contributed by atoms with van der Waals surface area (Å²) in [5.41, 5.74) is 9.87. The Hall–Kier alpha value is -2.84. The summed E-state index contributed by atoms with van der Waals surface area (Å²) in [5.74, 6) is 1.57. The first-order valence-corrected chi connectivity index (χ1v) is 8.65. The number of nitrogens with zero attached hydrogens (tertiary/aromatic N) is 4. The molecule has 0 amide bonds. The molecule has 5 heteroatoms. The third-order valence-electron chi connectivity index (χ3n) is 4.94. The fourth-order valence-electron chi connectivity index (χ4n) is 3.53. The maximum Gasteiger partial charge on any atom is 0.206 e. The first-order chi connectivity index (χ1) is 12.3. The van der Waals surface area contributed by atoms with E-state index in [-0.39, 0.29) is 0 Å². The minimum absolute atomic E-state index is 0.547. The molecule has 2 aromatic carbocycles. The molecule has 1 aromatic heterocycles. The summed E-state index contributed by atoms with van der Waals surface area (Å²) in [4.78, 5) is 10.7. The van der Waals surface area contributed by atoms with Crippen molar-refractivity contribution in [2.45, 2.75) is 13.0 Å². The molecule has 0 spiro atoms. The highest BCUT2D eigenvalue weighted by atomic mass is 15.3. The van der Waals surface area contributed by atoms with Gasteiger partial charge in [0, 0.05) is 13.1 Å². The van der Waals surface area contributed by atoms with E-state index >= 15 is 0 Å². The molecule has 0 aliphatic carbocycles. The molecule has 1 atom stereocenters. The van der Waals surface area contributed by atoms with Crippen molar-refractivity contribution in [2.24, 2.45) is 11.7 Å². The number of aromatic nitrogens is 2. The number of fused-ring (bicyclic) bond motifs is 1. The molecule has 0 radical (unpaired) electrons. The minimum atomic E-state index is 0.547. The number of hydrogen-bond acceptors (Lipinski definition) is 3. The van der Waals surface area contributed by atoms with E-state index in [1.807, 2.05) is 30.3 Å². The van der Waals surface area contributed by atoms with Gasteiger partial charge in [0.1, 0.15) is 0 Å². The van der Waals surface area contributed by atoms with Crippen molar-refractivity contribution in [3.8, 4) is 0 Å². The Morgan fingerprint density at radius 3 is 2.68 bits per heavy atom. The van der Waals surface area contributed by atoms with Gasteiger partial charge in [-0.05, 0) is 36.6 Å². The molecule has 5 nitrogen and oxygen atoms in total. The molecular formula is C20H21N5. The predicted molar refractivity (Wildman–Crippen MR) is 101 cm³/mol. The summed E-state index contributed by atoms with van der Waals surface area (Å²) in [7, 11) is 0. The molecule has 0 bridgehead atoms. The molecular weight excluding hydrogens is 310 g/mol. The lowest BCUT2D eigenvalue weighted by Gasteiger charge is -2.19. The first-order valence-electron chi connectivity index (χ1n) is 8.65. The van der Waals surface area contributed by atoms with Crippen LogP contribution in [0.1, 0.15) is 12.0 Å². The molecule has 1 aliphatic rings. The Labute approximate surface area is 147 Å². The van der Waals surface area contributed by atoms with E-state index in [1.54, 1.807) is 0 Å². The van der Waals surface area contributed by atoms with E-state index in [0.717, 1.165) is 49.6 Å². The molecule has 126 valence electrons. The second-order valence-corrected chi connectivity index (χ2v) is 6.60. The normalized spacial score (nSPS) is 17.1. The zero-order chi connectivity index (χ0) is 17.2. The average molecular weight is 331 g/mol. The number of anilines is 1. The van der Waals surface area contributed by atoms with E-state index in [4.69, 9.17) is 17.3 Å². The van der Waals surface area contributed by atoms with Crippen molar-refractivity contribution < 1.29 is 0 Å². The summed E-state index contributed by atoms with van der Waals surface area (Å²) < 4.78 is 2.28. The highest BCUT2D eigenvalue weighted by Crippen LogP contribution is 2.28. The van der Waals surface area contributed by atoms with Crippen molar-refractivity contribution in [2.75, 3.05) is 24.5 Å². The van der Waals surface area contributed by atoms with E-state index in [2.05, 4.69) is 32.5 Å². The minimum Gasteiger partial charge on any atom is -0.342 e. The van der Waals surface area contributed by atoms with Crippen LogP contribution in [0.3, 0.4) is 0 Å². The van der Waals surface area contributed by atoms with Crippen LogP contribution in [0.5, 0.6) is 0 Å². The average Bonchev–Trinajstić information content (AvgIpc) is 3.27.